The zero-order valence-electron chi connectivity index (χ0n) is 47.4. The Kier molecular flexibility index (Phi) is 56.9. The first-order chi connectivity index (χ1) is 36.0. The third-order valence-corrected chi connectivity index (χ3v) is 12.5. The van der Waals surface area contributed by atoms with Crippen LogP contribution in [0.4, 0.5) is 0 Å². The van der Waals surface area contributed by atoms with E-state index in [0.29, 0.717) is 19.3 Å². The predicted octanol–water partition coefficient (Wildman–Crippen LogP) is 20.4. The molecule has 0 amide bonds. The highest BCUT2D eigenvalue weighted by molar-refractivity contribution is 5.71. The van der Waals surface area contributed by atoms with Crippen molar-refractivity contribution in [3.63, 3.8) is 0 Å². The van der Waals surface area contributed by atoms with Crippen LogP contribution in [0.25, 0.3) is 0 Å². The van der Waals surface area contributed by atoms with Crippen LogP contribution in [0, 0.1) is 0 Å². The molecule has 6 heteroatoms. The molecule has 0 spiro atoms. The lowest BCUT2D eigenvalue weighted by molar-refractivity contribution is -0.166. The summed E-state index contributed by atoms with van der Waals surface area (Å²) in [7, 11) is 0. The van der Waals surface area contributed by atoms with Crippen LogP contribution in [0.3, 0.4) is 0 Å². The van der Waals surface area contributed by atoms with Crippen LogP contribution < -0.4 is 0 Å². The van der Waals surface area contributed by atoms with Crippen molar-refractivity contribution in [1.82, 2.24) is 0 Å². The zero-order chi connectivity index (χ0) is 52.9. The summed E-state index contributed by atoms with van der Waals surface area (Å²) in [4.78, 5) is 38.2. The molecule has 0 aliphatic rings. The van der Waals surface area contributed by atoms with Gasteiger partial charge in [0.25, 0.3) is 0 Å². The molecule has 0 aliphatic heterocycles. The lowest BCUT2D eigenvalue weighted by Gasteiger charge is -2.18. The van der Waals surface area contributed by atoms with Crippen LogP contribution in [-0.4, -0.2) is 37.2 Å². The molecule has 0 heterocycles. The van der Waals surface area contributed by atoms with Gasteiger partial charge in [0, 0.05) is 19.3 Å². The minimum Gasteiger partial charge on any atom is -0.462 e. The second kappa shape index (κ2) is 60.4. The van der Waals surface area contributed by atoms with E-state index >= 15 is 0 Å². The topological polar surface area (TPSA) is 78.9 Å². The maximum Gasteiger partial charge on any atom is 0.306 e. The van der Waals surface area contributed by atoms with Crippen molar-refractivity contribution < 1.29 is 28.6 Å². The van der Waals surface area contributed by atoms with Crippen LogP contribution in [0.15, 0.2) is 122 Å². The van der Waals surface area contributed by atoms with Gasteiger partial charge in [-0.25, -0.2) is 0 Å². The van der Waals surface area contributed by atoms with Crippen LogP contribution in [0.5, 0.6) is 0 Å². The first-order valence-corrected chi connectivity index (χ1v) is 30.0. The lowest BCUT2D eigenvalue weighted by atomic mass is 10.0. The van der Waals surface area contributed by atoms with E-state index in [1.54, 1.807) is 0 Å². The second-order valence-electron chi connectivity index (χ2n) is 19.5. The Hall–Kier alpha value is -4.19. The molecule has 0 aromatic heterocycles. The van der Waals surface area contributed by atoms with Crippen LogP contribution >= 0.6 is 0 Å². The number of carbonyl (C=O) groups excluding carboxylic acids is 3. The molecule has 1 atom stereocenters. The van der Waals surface area contributed by atoms with E-state index in [2.05, 4.69) is 136 Å². The van der Waals surface area contributed by atoms with Crippen molar-refractivity contribution in [2.24, 2.45) is 0 Å². The SMILES string of the molecule is CC/C=C\C/C=C\C/C=C\C/C=C\C/C=C\C/C=C\CCC(=O)OC[C@@H](COC(=O)CCC/C=C\C/C=C\C/C=C\C/C=C\CCCCC)OC(=O)CCCCCCCCCCCCCCCCCCCCC. The van der Waals surface area contributed by atoms with Gasteiger partial charge in [-0.05, 0) is 96.3 Å². The van der Waals surface area contributed by atoms with Gasteiger partial charge in [-0.2, -0.15) is 0 Å². The van der Waals surface area contributed by atoms with Crippen LogP contribution in [0.1, 0.15) is 265 Å². The maximum atomic E-state index is 12.9. The van der Waals surface area contributed by atoms with Crippen LogP contribution in [-0.2, 0) is 28.6 Å². The summed E-state index contributed by atoms with van der Waals surface area (Å²) in [6, 6.07) is 0. The number of hydrogen-bond donors (Lipinski definition) is 0. The standard InChI is InChI=1S/C67H110O6/c1-4-7-10-13-16-19-22-25-28-31-33-36-39-42-45-48-51-54-57-60-66(69)72-63-64(62-71-65(68)59-56-53-50-47-44-41-38-35-30-27-24-21-18-15-12-9-6-3)73-67(70)61-58-55-52-49-46-43-40-37-34-32-29-26-23-20-17-14-11-8-5-2/h7,10,16,18-19,21,25,27-28,30,33,36,38,41-42,45,47,50-51,54,64H,4-6,8-9,11-15,17,20,22-24,26,29,31-32,34-35,37,39-40,43-44,46,48-49,52-53,55-63H2,1-3H3/b10-7-,19-16-,21-18-,28-25-,30-27-,36-33-,41-38-,45-42-,50-47-,54-51-/t64-/m1/s1. The molecule has 0 bridgehead atoms. The maximum absolute atomic E-state index is 12.9. The number of rotatable bonds is 53. The fraction of sp³-hybridized carbons (Fsp3) is 0.657. The quantitative estimate of drug-likeness (QED) is 0.0261. The van der Waals surface area contributed by atoms with Gasteiger partial charge in [-0.15, -0.1) is 0 Å². The number of hydrogen-bond acceptors (Lipinski definition) is 6. The Morgan fingerprint density at radius 3 is 0.959 bits per heavy atom. The van der Waals surface area contributed by atoms with E-state index in [1.165, 1.54) is 128 Å². The largest absolute Gasteiger partial charge is 0.462 e. The van der Waals surface area contributed by atoms with Crippen molar-refractivity contribution in [2.45, 2.75) is 271 Å². The monoisotopic (exact) mass is 1010 g/mol. The molecule has 0 rings (SSSR count). The fourth-order valence-electron chi connectivity index (χ4n) is 7.99. The average molecular weight is 1010 g/mol. The summed E-state index contributed by atoms with van der Waals surface area (Å²) in [5, 5.41) is 0. The molecular formula is C67H110O6. The van der Waals surface area contributed by atoms with E-state index in [0.717, 1.165) is 83.5 Å². The summed E-state index contributed by atoms with van der Waals surface area (Å²) in [5.74, 6) is -1.06. The molecule has 0 radical (unpaired) electrons. The first-order valence-electron chi connectivity index (χ1n) is 30.0. The van der Waals surface area contributed by atoms with Crippen molar-refractivity contribution in [2.75, 3.05) is 13.2 Å². The van der Waals surface area contributed by atoms with E-state index in [1.807, 2.05) is 6.08 Å². The highest BCUT2D eigenvalue weighted by Crippen LogP contribution is 2.16. The minimum absolute atomic E-state index is 0.130. The molecule has 414 valence electrons. The molecule has 0 saturated carbocycles. The van der Waals surface area contributed by atoms with Gasteiger partial charge in [0.15, 0.2) is 6.10 Å². The van der Waals surface area contributed by atoms with Crippen molar-refractivity contribution in [3.8, 4) is 0 Å². The summed E-state index contributed by atoms with van der Waals surface area (Å²) >= 11 is 0. The van der Waals surface area contributed by atoms with Gasteiger partial charge in [-0.3, -0.25) is 14.4 Å². The Balaban J connectivity index is 4.56. The van der Waals surface area contributed by atoms with Gasteiger partial charge in [0.2, 0.25) is 0 Å². The number of ether oxygens (including phenoxy) is 3. The third kappa shape index (κ3) is 58.6. The molecule has 73 heavy (non-hydrogen) atoms. The molecule has 0 aromatic rings. The molecule has 0 saturated heterocycles. The van der Waals surface area contributed by atoms with Gasteiger partial charge in [-0.1, -0.05) is 271 Å². The first kappa shape index (κ1) is 68.8. The van der Waals surface area contributed by atoms with E-state index in [4.69, 9.17) is 14.2 Å². The normalized spacial score (nSPS) is 13.0. The Morgan fingerprint density at radius 2 is 0.575 bits per heavy atom. The van der Waals surface area contributed by atoms with Crippen molar-refractivity contribution in [1.29, 1.82) is 0 Å². The average Bonchev–Trinajstić information content (AvgIpc) is 3.39. The summed E-state index contributed by atoms with van der Waals surface area (Å²) < 4.78 is 16.8. The Bertz CT molecular complexity index is 1540. The highest BCUT2D eigenvalue weighted by atomic mass is 16.6. The molecule has 0 aliphatic carbocycles. The van der Waals surface area contributed by atoms with Crippen molar-refractivity contribution in [3.05, 3.63) is 122 Å². The van der Waals surface area contributed by atoms with Gasteiger partial charge < -0.3 is 14.2 Å². The number of allylic oxidation sites excluding steroid dienone is 20. The van der Waals surface area contributed by atoms with Gasteiger partial charge >= 0.3 is 17.9 Å². The lowest BCUT2D eigenvalue weighted by Crippen LogP contribution is -2.30. The third-order valence-electron chi connectivity index (χ3n) is 12.5. The Labute approximate surface area is 450 Å². The molecule has 6 nitrogen and oxygen atoms in total. The predicted molar refractivity (Wildman–Crippen MR) is 316 cm³/mol. The van der Waals surface area contributed by atoms with E-state index < -0.39 is 6.10 Å². The van der Waals surface area contributed by atoms with Crippen molar-refractivity contribution >= 4 is 17.9 Å². The minimum atomic E-state index is -0.833. The number of unbranched alkanes of at least 4 members (excludes halogenated alkanes) is 22. The molecule has 0 fully saturated rings. The Morgan fingerprint density at radius 1 is 0.288 bits per heavy atom. The molecule has 0 N–H and O–H groups in total. The van der Waals surface area contributed by atoms with Gasteiger partial charge in [0.1, 0.15) is 13.2 Å². The highest BCUT2D eigenvalue weighted by Gasteiger charge is 2.19. The summed E-state index contributed by atoms with van der Waals surface area (Å²) in [6.07, 6.45) is 83.5. The fourth-order valence-corrected chi connectivity index (χ4v) is 7.99. The number of esters is 3. The summed E-state index contributed by atoms with van der Waals surface area (Å²) in [5.41, 5.74) is 0. The van der Waals surface area contributed by atoms with Gasteiger partial charge in [0.05, 0.1) is 0 Å². The molecule has 0 unspecified atom stereocenters. The van der Waals surface area contributed by atoms with Crippen LogP contribution in [0.2, 0.25) is 0 Å². The molecule has 0 aromatic carbocycles. The molecular weight excluding hydrogens is 901 g/mol. The second-order valence-corrected chi connectivity index (χ2v) is 19.5. The number of carbonyl (C=O) groups is 3. The van der Waals surface area contributed by atoms with E-state index in [-0.39, 0.29) is 44.0 Å². The van der Waals surface area contributed by atoms with E-state index in [9.17, 15) is 14.4 Å². The summed E-state index contributed by atoms with van der Waals surface area (Å²) in [6.45, 7) is 6.40. The zero-order valence-corrected chi connectivity index (χ0v) is 47.4. The smallest absolute Gasteiger partial charge is 0.306 e.